The molecule has 2 unspecified atom stereocenters. The van der Waals surface area contributed by atoms with E-state index in [4.69, 9.17) is 11.6 Å². The maximum absolute atomic E-state index is 6.19. The molecule has 1 aromatic rings. The third-order valence-corrected chi connectivity index (χ3v) is 4.23. The molecule has 1 fully saturated rings. The summed E-state index contributed by atoms with van der Waals surface area (Å²) < 4.78 is 0. The first-order chi connectivity index (χ1) is 8.24. The van der Waals surface area contributed by atoms with Crippen LogP contribution in [0, 0.1) is 5.92 Å². The van der Waals surface area contributed by atoms with Crippen LogP contribution in [-0.4, -0.2) is 16.4 Å². The Morgan fingerprint density at radius 3 is 3.06 bits per heavy atom. The van der Waals surface area contributed by atoms with Crippen LogP contribution in [0.1, 0.15) is 38.3 Å². The molecule has 17 heavy (non-hydrogen) atoms. The Bertz CT molecular complexity index is 341. The molecule has 0 spiro atoms. The van der Waals surface area contributed by atoms with Crippen LogP contribution >= 0.6 is 11.6 Å². The number of aromatic nitrogens is 1. The van der Waals surface area contributed by atoms with Gasteiger partial charge in [0.15, 0.2) is 0 Å². The zero-order chi connectivity index (χ0) is 12.1. The van der Waals surface area contributed by atoms with E-state index in [0.717, 1.165) is 18.2 Å². The lowest BCUT2D eigenvalue weighted by Crippen LogP contribution is -2.49. The van der Waals surface area contributed by atoms with E-state index in [1.165, 1.54) is 25.7 Å². The van der Waals surface area contributed by atoms with Gasteiger partial charge in [0.25, 0.3) is 0 Å². The molecule has 0 aromatic carbocycles. The molecule has 1 aromatic heterocycles. The van der Waals surface area contributed by atoms with E-state index < -0.39 is 0 Å². The molecule has 0 radical (unpaired) electrons. The summed E-state index contributed by atoms with van der Waals surface area (Å²) in [7, 11) is 0. The van der Waals surface area contributed by atoms with Crippen LogP contribution in [0.15, 0.2) is 24.4 Å². The molecule has 1 saturated carbocycles. The highest BCUT2D eigenvalue weighted by Crippen LogP contribution is 2.33. The van der Waals surface area contributed by atoms with Crippen molar-refractivity contribution in [2.45, 2.75) is 44.7 Å². The van der Waals surface area contributed by atoms with E-state index in [0.29, 0.717) is 5.88 Å². The smallest absolute Gasteiger partial charge is 0.0541 e. The van der Waals surface area contributed by atoms with Crippen LogP contribution in [0.4, 0.5) is 0 Å². The van der Waals surface area contributed by atoms with Crippen molar-refractivity contribution in [2.75, 3.05) is 5.88 Å². The number of hydrogen-bond donors (Lipinski definition) is 1. The second-order valence-electron chi connectivity index (χ2n) is 5.29. The van der Waals surface area contributed by atoms with Gasteiger partial charge in [0.1, 0.15) is 0 Å². The van der Waals surface area contributed by atoms with Gasteiger partial charge in [-0.3, -0.25) is 4.98 Å². The monoisotopic (exact) mass is 252 g/mol. The summed E-state index contributed by atoms with van der Waals surface area (Å²) in [6.45, 7) is 3.14. The molecule has 2 atom stereocenters. The normalized spacial score (nSPS) is 29.2. The van der Waals surface area contributed by atoms with E-state index >= 15 is 0 Å². The zero-order valence-corrected chi connectivity index (χ0v) is 11.2. The van der Waals surface area contributed by atoms with Gasteiger partial charge >= 0.3 is 0 Å². The molecule has 0 amide bonds. The first-order valence-corrected chi connectivity index (χ1v) is 6.98. The lowest BCUT2D eigenvalue weighted by Gasteiger charge is -2.39. The second-order valence-corrected chi connectivity index (χ2v) is 5.56. The molecule has 1 N–H and O–H groups in total. The third kappa shape index (κ3) is 3.43. The molecule has 0 saturated heterocycles. The standard InChI is InChI=1S/C14H21ClN2/c1-12-5-4-7-14(9-12,11-15)17-10-13-6-2-3-8-16-13/h2-3,6,8,12,17H,4-5,7,9-11H2,1H3. The summed E-state index contributed by atoms with van der Waals surface area (Å²) in [6.07, 6.45) is 6.83. The predicted octanol–water partition coefficient (Wildman–Crippen LogP) is 3.36. The minimum atomic E-state index is 0.122. The Hall–Kier alpha value is -0.600. The number of hydrogen-bond acceptors (Lipinski definition) is 2. The zero-order valence-electron chi connectivity index (χ0n) is 10.5. The van der Waals surface area contributed by atoms with E-state index in [1.807, 2.05) is 18.3 Å². The van der Waals surface area contributed by atoms with Gasteiger partial charge < -0.3 is 5.32 Å². The Kier molecular flexibility index (Phi) is 4.41. The maximum Gasteiger partial charge on any atom is 0.0541 e. The Morgan fingerprint density at radius 2 is 2.41 bits per heavy atom. The highest BCUT2D eigenvalue weighted by Gasteiger charge is 2.33. The van der Waals surface area contributed by atoms with Gasteiger partial charge in [-0.05, 0) is 30.9 Å². The summed E-state index contributed by atoms with van der Waals surface area (Å²) in [5, 5.41) is 3.64. The minimum absolute atomic E-state index is 0.122. The fraction of sp³-hybridized carbons (Fsp3) is 0.643. The van der Waals surface area contributed by atoms with Crippen LogP contribution in [0.5, 0.6) is 0 Å². The largest absolute Gasteiger partial charge is 0.304 e. The van der Waals surface area contributed by atoms with Crippen molar-refractivity contribution in [3.8, 4) is 0 Å². The fourth-order valence-corrected chi connectivity index (χ4v) is 3.11. The fourth-order valence-electron chi connectivity index (χ4n) is 2.77. The van der Waals surface area contributed by atoms with Crippen LogP contribution in [0.2, 0.25) is 0 Å². The van der Waals surface area contributed by atoms with E-state index in [-0.39, 0.29) is 5.54 Å². The molecule has 1 aliphatic rings. The van der Waals surface area contributed by atoms with Gasteiger partial charge in [-0.25, -0.2) is 0 Å². The summed E-state index contributed by atoms with van der Waals surface area (Å²) in [5.74, 6) is 1.48. The summed E-state index contributed by atoms with van der Waals surface area (Å²) >= 11 is 6.19. The van der Waals surface area contributed by atoms with E-state index in [9.17, 15) is 0 Å². The molecular formula is C14H21ClN2. The number of halogens is 1. The highest BCUT2D eigenvalue weighted by atomic mass is 35.5. The van der Waals surface area contributed by atoms with Gasteiger partial charge in [-0.1, -0.05) is 25.8 Å². The Labute approximate surface area is 109 Å². The molecule has 3 heteroatoms. The lowest BCUT2D eigenvalue weighted by atomic mass is 9.77. The van der Waals surface area contributed by atoms with E-state index in [1.54, 1.807) is 0 Å². The van der Waals surface area contributed by atoms with Gasteiger partial charge in [-0.15, -0.1) is 11.6 Å². The number of rotatable bonds is 4. The Balaban J connectivity index is 1.95. The first-order valence-electron chi connectivity index (χ1n) is 6.45. The average Bonchev–Trinajstić information content (AvgIpc) is 2.38. The van der Waals surface area contributed by atoms with Crippen molar-refractivity contribution in [2.24, 2.45) is 5.92 Å². The molecule has 1 aliphatic carbocycles. The van der Waals surface area contributed by atoms with Gasteiger partial charge in [0.05, 0.1) is 5.69 Å². The SMILES string of the molecule is CC1CCCC(CCl)(NCc2ccccn2)C1. The topological polar surface area (TPSA) is 24.9 Å². The second kappa shape index (κ2) is 5.83. The van der Waals surface area contributed by atoms with E-state index in [2.05, 4.69) is 23.3 Å². The number of nitrogens with zero attached hydrogens (tertiary/aromatic N) is 1. The first kappa shape index (κ1) is 12.8. The molecular weight excluding hydrogens is 232 g/mol. The quantitative estimate of drug-likeness (QED) is 0.832. The summed E-state index contributed by atoms with van der Waals surface area (Å²) in [5.41, 5.74) is 1.21. The summed E-state index contributed by atoms with van der Waals surface area (Å²) in [6, 6.07) is 6.03. The molecule has 94 valence electrons. The molecule has 2 nitrogen and oxygen atoms in total. The number of nitrogens with one attached hydrogen (secondary N) is 1. The number of pyridine rings is 1. The number of alkyl halides is 1. The van der Waals surface area contributed by atoms with Crippen molar-refractivity contribution in [3.63, 3.8) is 0 Å². The maximum atomic E-state index is 6.19. The molecule has 0 bridgehead atoms. The lowest BCUT2D eigenvalue weighted by molar-refractivity contribution is 0.207. The van der Waals surface area contributed by atoms with Gasteiger partial charge in [-0.2, -0.15) is 0 Å². The van der Waals surface area contributed by atoms with Crippen molar-refractivity contribution in [1.29, 1.82) is 0 Å². The third-order valence-electron chi connectivity index (χ3n) is 3.72. The van der Waals surface area contributed by atoms with Crippen LogP contribution in [0.25, 0.3) is 0 Å². The van der Waals surface area contributed by atoms with Crippen molar-refractivity contribution in [3.05, 3.63) is 30.1 Å². The highest BCUT2D eigenvalue weighted by molar-refractivity contribution is 6.18. The Morgan fingerprint density at radius 1 is 1.53 bits per heavy atom. The molecule has 2 rings (SSSR count). The van der Waals surface area contributed by atoms with Crippen LogP contribution in [-0.2, 0) is 6.54 Å². The summed E-state index contributed by atoms with van der Waals surface area (Å²) in [4.78, 5) is 4.34. The van der Waals surface area contributed by atoms with Crippen molar-refractivity contribution < 1.29 is 0 Å². The van der Waals surface area contributed by atoms with Crippen molar-refractivity contribution >= 4 is 11.6 Å². The predicted molar refractivity (Wildman–Crippen MR) is 72.2 cm³/mol. The van der Waals surface area contributed by atoms with Crippen LogP contribution < -0.4 is 5.32 Å². The average molecular weight is 253 g/mol. The van der Waals surface area contributed by atoms with Crippen molar-refractivity contribution in [1.82, 2.24) is 10.3 Å². The van der Waals surface area contributed by atoms with Gasteiger partial charge in [0.2, 0.25) is 0 Å². The minimum Gasteiger partial charge on any atom is -0.304 e. The van der Waals surface area contributed by atoms with Crippen LogP contribution in [0.3, 0.4) is 0 Å². The molecule has 1 heterocycles. The molecule has 0 aliphatic heterocycles. The van der Waals surface area contributed by atoms with Gasteiger partial charge in [0, 0.05) is 24.2 Å².